The van der Waals surface area contributed by atoms with Crippen LogP contribution in [-0.4, -0.2) is 9.97 Å². The summed E-state index contributed by atoms with van der Waals surface area (Å²) in [5.41, 5.74) is 4.11. The quantitative estimate of drug-likeness (QED) is 0.853. The highest BCUT2D eigenvalue weighted by molar-refractivity contribution is 5.53. The van der Waals surface area contributed by atoms with E-state index in [1.54, 1.807) is 6.33 Å². The fraction of sp³-hybridized carbons (Fsp3) is 0.353. The summed E-state index contributed by atoms with van der Waals surface area (Å²) in [5, 5.41) is 0. The van der Waals surface area contributed by atoms with Crippen LogP contribution in [0.15, 0.2) is 48.4 Å². The van der Waals surface area contributed by atoms with Gasteiger partial charge in [-0.25, -0.2) is 4.98 Å². The zero-order valence-corrected chi connectivity index (χ0v) is 11.3. The fourth-order valence-corrected chi connectivity index (χ4v) is 2.81. The smallest absolute Gasteiger partial charge is 0.0921 e. The average molecular weight is 252 g/mol. The van der Waals surface area contributed by atoms with E-state index in [9.17, 15) is 0 Å². The first-order chi connectivity index (χ1) is 9.33. The predicted octanol–water partition coefficient (Wildman–Crippen LogP) is 4.08. The molecule has 1 aromatic carbocycles. The van der Waals surface area contributed by atoms with Crippen LogP contribution in [0, 0.1) is 11.8 Å². The van der Waals surface area contributed by atoms with Gasteiger partial charge in [0.1, 0.15) is 0 Å². The van der Waals surface area contributed by atoms with Crippen LogP contribution in [0.1, 0.15) is 31.0 Å². The van der Waals surface area contributed by atoms with E-state index in [2.05, 4.69) is 53.3 Å². The maximum Gasteiger partial charge on any atom is 0.0921 e. The molecule has 2 atom stereocenters. The second-order valence-corrected chi connectivity index (χ2v) is 5.52. The number of H-pyrrole nitrogens is 1. The van der Waals surface area contributed by atoms with Crippen LogP contribution in [0.3, 0.4) is 0 Å². The first-order valence-electron chi connectivity index (χ1n) is 7.03. The Morgan fingerprint density at radius 2 is 2.21 bits per heavy atom. The Balaban J connectivity index is 1.53. The molecular weight excluding hydrogens is 232 g/mol. The molecular formula is C17H20N2. The monoisotopic (exact) mass is 252 g/mol. The molecule has 1 heterocycles. The van der Waals surface area contributed by atoms with Gasteiger partial charge in [0, 0.05) is 11.9 Å². The lowest BCUT2D eigenvalue weighted by atomic mass is 10.0. The van der Waals surface area contributed by atoms with Gasteiger partial charge in [0.15, 0.2) is 0 Å². The van der Waals surface area contributed by atoms with E-state index in [0.29, 0.717) is 0 Å². The maximum absolute atomic E-state index is 4.06. The molecule has 3 rings (SSSR count). The Kier molecular flexibility index (Phi) is 3.49. The predicted molar refractivity (Wildman–Crippen MR) is 78.6 cm³/mol. The van der Waals surface area contributed by atoms with Crippen molar-refractivity contribution in [2.45, 2.75) is 26.2 Å². The van der Waals surface area contributed by atoms with Crippen molar-refractivity contribution < 1.29 is 0 Å². The lowest BCUT2D eigenvalue weighted by Gasteiger charge is -2.01. The van der Waals surface area contributed by atoms with Gasteiger partial charge in [0.05, 0.1) is 6.33 Å². The molecule has 1 fully saturated rings. The van der Waals surface area contributed by atoms with Gasteiger partial charge in [-0.15, -0.1) is 0 Å². The maximum atomic E-state index is 4.06. The van der Waals surface area contributed by atoms with Gasteiger partial charge in [-0.2, -0.15) is 0 Å². The standard InChI is InChI=1S/C17H20N2/c1-13(9-14-5-3-2-4-6-14)17-10-15(17)7-8-16-11-18-12-19-16/h2-6,9,11-12,15,17H,7-8,10H2,1H3,(H,18,19)/b13-9+. The molecule has 0 saturated heterocycles. The molecule has 1 aromatic heterocycles. The molecule has 0 amide bonds. The van der Waals surface area contributed by atoms with Gasteiger partial charge in [0.25, 0.3) is 0 Å². The molecule has 2 heteroatoms. The van der Waals surface area contributed by atoms with Crippen molar-refractivity contribution in [3.8, 4) is 0 Å². The minimum atomic E-state index is 0.795. The van der Waals surface area contributed by atoms with Gasteiger partial charge in [-0.3, -0.25) is 0 Å². The van der Waals surface area contributed by atoms with E-state index in [1.165, 1.54) is 29.7 Å². The lowest BCUT2D eigenvalue weighted by molar-refractivity contribution is 0.677. The molecule has 98 valence electrons. The fourth-order valence-electron chi connectivity index (χ4n) is 2.81. The van der Waals surface area contributed by atoms with E-state index < -0.39 is 0 Å². The molecule has 1 saturated carbocycles. The molecule has 0 aliphatic heterocycles. The molecule has 1 N–H and O–H groups in total. The highest BCUT2D eigenvalue weighted by Crippen LogP contribution is 2.47. The lowest BCUT2D eigenvalue weighted by Crippen LogP contribution is -1.90. The number of nitrogens with one attached hydrogen (secondary N) is 1. The summed E-state index contributed by atoms with van der Waals surface area (Å²) < 4.78 is 0. The summed E-state index contributed by atoms with van der Waals surface area (Å²) >= 11 is 0. The molecule has 0 spiro atoms. The Morgan fingerprint density at radius 3 is 2.95 bits per heavy atom. The topological polar surface area (TPSA) is 28.7 Å². The van der Waals surface area contributed by atoms with Crippen molar-refractivity contribution in [3.05, 3.63) is 59.7 Å². The molecule has 19 heavy (non-hydrogen) atoms. The third kappa shape index (κ3) is 3.14. The average Bonchev–Trinajstić information content (AvgIpc) is 3.03. The van der Waals surface area contributed by atoms with Gasteiger partial charge in [-0.1, -0.05) is 42.0 Å². The van der Waals surface area contributed by atoms with Crippen LogP contribution < -0.4 is 0 Å². The van der Waals surface area contributed by atoms with E-state index >= 15 is 0 Å². The van der Waals surface area contributed by atoms with E-state index in [1.807, 2.05) is 6.20 Å². The minimum absolute atomic E-state index is 0.795. The highest BCUT2D eigenvalue weighted by Gasteiger charge is 2.37. The summed E-state index contributed by atoms with van der Waals surface area (Å²) in [5.74, 6) is 1.66. The summed E-state index contributed by atoms with van der Waals surface area (Å²) in [6.45, 7) is 2.27. The van der Waals surface area contributed by atoms with Crippen LogP contribution in [0.5, 0.6) is 0 Å². The SMILES string of the molecule is C/C(=C\c1ccccc1)C1CC1CCc1cnc[nH]1. The first-order valence-corrected chi connectivity index (χ1v) is 7.03. The van der Waals surface area contributed by atoms with Crippen LogP contribution >= 0.6 is 0 Å². The van der Waals surface area contributed by atoms with E-state index in [4.69, 9.17) is 0 Å². The Bertz CT molecular complexity index is 540. The zero-order chi connectivity index (χ0) is 13.1. The second-order valence-electron chi connectivity index (χ2n) is 5.52. The van der Waals surface area contributed by atoms with Crippen molar-refractivity contribution in [1.82, 2.24) is 9.97 Å². The number of rotatable bonds is 5. The van der Waals surface area contributed by atoms with Gasteiger partial charge in [0.2, 0.25) is 0 Å². The van der Waals surface area contributed by atoms with Crippen LogP contribution in [0.2, 0.25) is 0 Å². The molecule has 2 nitrogen and oxygen atoms in total. The third-order valence-electron chi connectivity index (χ3n) is 4.04. The number of hydrogen-bond acceptors (Lipinski definition) is 1. The van der Waals surface area contributed by atoms with Gasteiger partial charge < -0.3 is 4.98 Å². The Labute approximate surface area is 114 Å². The number of aryl methyl sites for hydroxylation is 1. The molecule has 0 bridgehead atoms. The number of benzene rings is 1. The summed E-state index contributed by atoms with van der Waals surface area (Å²) in [7, 11) is 0. The molecule has 2 aromatic rings. The van der Waals surface area contributed by atoms with Crippen LogP contribution in [-0.2, 0) is 6.42 Å². The van der Waals surface area contributed by atoms with E-state index in [-0.39, 0.29) is 0 Å². The first kappa shape index (κ1) is 12.2. The van der Waals surface area contributed by atoms with Crippen molar-refractivity contribution in [3.63, 3.8) is 0 Å². The van der Waals surface area contributed by atoms with Gasteiger partial charge in [-0.05, 0) is 43.6 Å². The van der Waals surface area contributed by atoms with Crippen molar-refractivity contribution >= 4 is 6.08 Å². The largest absolute Gasteiger partial charge is 0.348 e. The number of aromatic amines is 1. The molecule has 2 unspecified atom stereocenters. The number of allylic oxidation sites excluding steroid dienone is 1. The van der Waals surface area contributed by atoms with Crippen LogP contribution in [0.4, 0.5) is 0 Å². The number of nitrogens with zero attached hydrogens (tertiary/aromatic N) is 1. The van der Waals surface area contributed by atoms with E-state index in [0.717, 1.165) is 18.3 Å². The van der Waals surface area contributed by atoms with Crippen LogP contribution in [0.25, 0.3) is 6.08 Å². The number of imidazole rings is 1. The third-order valence-corrected chi connectivity index (χ3v) is 4.04. The minimum Gasteiger partial charge on any atom is -0.348 e. The van der Waals surface area contributed by atoms with Crippen molar-refractivity contribution in [2.75, 3.05) is 0 Å². The summed E-state index contributed by atoms with van der Waals surface area (Å²) in [6, 6.07) is 10.6. The zero-order valence-electron chi connectivity index (χ0n) is 11.3. The van der Waals surface area contributed by atoms with Gasteiger partial charge >= 0.3 is 0 Å². The number of hydrogen-bond donors (Lipinski definition) is 1. The van der Waals surface area contributed by atoms with Crippen molar-refractivity contribution in [1.29, 1.82) is 0 Å². The Morgan fingerprint density at radius 1 is 1.37 bits per heavy atom. The normalized spacial score (nSPS) is 22.5. The summed E-state index contributed by atoms with van der Waals surface area (Å²) in [6.07, 6.45) is 9.78. The molecule has 1 aliphatic rings. The summed E-state index contributed by atoms with van der Waals surface area (Å²) in [4.78, 5) is 7.24. The highest BCUT2D eigenvalue weighted by atomic mass is 14.9. The molecule has 1 aliphatic carbocycles. The Hall–Kier alpha value is -1.83. The van der Waals surface area contributed by atoms with Crippen molar-refractivity contribution in [2.24, 2.45) is 11.8 Å². The second kappa shape index (κ2) is 5.43. The molecule has 0 radical (unpaired) electrons. The number of aromatic nitrogens is 2.